The molecule has 0 atom stereocenters. The third-order valence-electron chi connectivity index (χ3n) is 4.82. The summed E-state index contributed by atoms with van der Waals surface area (Å²) in [7, 11) is -2.91. The van der Waals surface area contributed by atoms with Gasteiger partial charge in [-0.05, 0) is 54.6 Å². The Balaban J connectivity index is 1.87. The molecule has 0 aliphatic carbocycles. The van der Waals surface area contributed by atoms with Crippen molar-refractivity contribution in [2.45, 2.75) is 4.21 Å². The van der Waals surface area contributed by atoms with E-state index in [0.29, 0.717) is 4.31 Å². The van der Waals surface area contributed by atoms with E-state index < -0.39 is 33.1 Å². The minimum atomic E-state index is -4.36. The maximum absolute atomic E-state index is 13.8. The van der Waals surface area contributed by atoms with Gasteiger partial charge in [0.2, 0.25) is 0 Å². The topological polar surface area (TPSA) is 136 Å². The Morgan fingerprint density at radius 2 is 1.79 bits per heavy atom. The highest BCUT2D eigenvalue weighted by atomic mass is 35.5. The monoisotopic (exact) mass is 523 g/mol. The zero-order valence-corrected chi connectivity index (χ0v) is 19.6. The molecule has 0 spiro atoms. The fraction of sp³-hybridized carbons (Fsp3) is 0.0500. The van der Waals surface area contributed by atoms with Crippen LogP contribution in [0, 0.1) is 5.82 Å². The number of nitrogens with zero attached hydrogens (tertiary/aromatic N) is 3. The number of hydrogen-bond donors (Lipinski definition) is 2. The van der Waals surface area contributed by atoms with E-state index in [2.05, 4.69) is 5.43 Å². The fourth-order valence-electron chi connectivity index (χ4n) is 3.38. The van der Waals surface area contributed by atoms with Crippen molar-refractivity contribution in [1.82, 2.24) is 9.24 Å². The summed E-state index contributed by atoms with van der Waals surface area (Å²) in [5.41, 5.74) is 6.52. The highest BCUT2D eigenvalue weighted by Gasteiger charge is 2.31. The summed E-state index contributed by atoms with van der Waals surface area (Å²) >= 11 is 6.56. The third kappa shape index (κ3) is 3.83. The molecule has 0 saturated heterocycles. The van der Waals surface area contributed by atoms with Gasteiger partial charge in [0, 0.05) is 7.05 Å². The van der Waals surface area contributed by atoms with Crippen LogP contribution in [0.4, 0.5) is 14.9 Å². The third-order valence-corrected chi connectivity index (χ3v) is 8.25. The molecule has 0 radical (unpaired) electrons. The van der Waals surface area contributed by atoms with Crippen molar-refractivity contribution < 1.29 is 17.6 Å². The summed E-state index contributed by atoms with van der Waals surface area (Å²) in [4.78, 5) is 38.0. The number of fused-ring (bicyclic) bond motifs is 1. The number of aromatic nitrogens is 2. The second-order valence-electron chi connectivity index (χ2n) is 6.83. The summed E-state index contributed by atoms with van der Waals surface area (Å²) in [5, 5.41) is -0.0612. The molecule has 0 fully saturated rings. The number of urea groups is 1. The summed E-state index contributed by atoms with van der Waals surface area (Å²) in [6.45, 7) is 0. The minimum Gasteiger partial charge on any atom is -0.350 e. The fourth-order valence-corrected chi connectivity index (χ4v) is 6.26. The molecule has 34 heavy (non-hydrogen) atoms. The van der Waals surface area contributed by atoms with Crippen molar-refractivity contribution >= 4 is 55.6 Å². The number of anilines is 1. The number of nitrogens with one attached hydrogen (secondary N) is 1. The number of primary amides is 1. The van der Waals surface area contributed by atoms with E-state index in [9.17, 15) is 27.2 Å². The number of nitrogens with two attached hydrogens (primary N) is 1. The smallest absolute Gasteiger partial charge is 0.350 e. The highest BCUT2D eigenvalue weighted by Crippen LogP contribution is 2.31. The number of sulfonamides is 1. The molecule has 4 rings (SSSR count). The molecule has 0 aliphatic rings. The van der Waals surface area contributed by atoms with Gasteiger partial charge in [0.05, 0.1) is 26.6 Å². The first kappa shape index (κ1) is 23.5. The number of halogens is 2. The molecule has 2 heterocycles. The quantitative estimate of drug-likeness (QED) is 0.412. The molecular weight excluding hydrogens is 509 g/mol. The normalized spacial score (nSPS) is 11.5. The first-order valence-corrected chi connectivity index (χ1v) is 12.1. The van der Waals surface area contributed by atoms with Gasteiger partial charge in [-0.25, -0.2) is 23.2 Å². The first-order chi connectivity index (χ1) is 16.1. The number of amides is 2. The lowest BCUT2D eigenvalue weighted by molar-refractivity contribution is 0.257. The van der Waals surface area contributed by atoms with Gasteiger partial charge in [0.15, 0.2) is 0 Å². The molecule has 10 nitrogen and oxygen atoms in total. The van der Waals surface area contributed by atoms with Crippen LogP contribution in [-0.2, 0) is 10.0 Å². The average molecular weight is 524 g/mol. The van der Waals surface area contributed by atoms with Crippen LogP contribution in [0.5, 0.6) is 0 Å². The van der Waals surface area contributed by atoms with Crippen molar-refractivity contribution in [1.29, 1.82) is 0 Å². The highest BCUT2D eigenvalue weighted by molar-refractivity contribution is 7.95. The minimum absolute atomic E-state index is 0.0508. The molecule has 2 amide bonds. The maximum atomic E-state index is 13.8. The van der Waals surface area contributed by atoms with Gasteiger partial charge in [-0.2, -0.15) is 12.7 Å². The SMILES string of the molecule is CNn1c(=O)n(-c2ccc(N(C(N)=O)S(=O)(=O)c3ccc(Cl)s3)cc2)c(=O)c2cc(F)ccc21. The summed E-state index contributed by atoms with van der Waals surface area (Å²) in [6, 6.07) is 9.68. The van der Waals surface area contributed by atoms with E-state index in [1.165, 1.54) is 49.5 Å². The molecule has 176 valence electrons. The molecule has 0 bridgehead atoms. The van der Waals surface area contributed by atoms with E-state index in [4.69, 9.17) is 17.3 Å². The summed E-state index contributed by atoms with van der Waals surface area (Å²) < 4.78 is 41.9. The number of carbonyl (C=O) groups is 1. The molecule has 0 saturated carbocycles. The molecule has 2 aromatic heterocycles. The lowest BCUT2D eigenvalue weighted by Crippen LogP contribution is -2.42. The Hall–Kier alpha value is -3.68. The molecular formula is C20H15ClFN5O5S2. The van der Waals surface area contributed by atoms with E-state index in [1.54, 1.807) is 0 Å². The van der Waals surface area contributed by atoms with Crippen molar-refractivity contribution in [3.05, 3.63) is 85.6 Å². The van der Waals surface area contributed by atoms with Gasteiger partial charge in [0.1, 0.15) is 10.0 Å². The lowest BCUT2D eigenvalue weighted by Gasteiger charge is -2.20. The van der Waals surface area contributed by atoms with Gasteiger partial charge in [-0.1, -0.05) is 11.6 Å². The Labute approximate surface area is 200 Å². The molecule has 14 heteroatoms. The Kier molecular flexibility index (Phi) is 5.93. The van der Waals surface area contributed by atoms with Gasteiger partial charge in [-0.15, -0.1) is 11.3 Å². The zero-order chi connectivity index (χ0) is 24.8. The average Bonchev–Trinajstić information content (AvgIpc) is 3.23. The van der Waals surface area contributed by atoms with E-state index in [1.807, 2.05) is 0 Å². The Morgan fingerprint density at radius 1 is 1.12 bits per heavy atom. The van der Waals surface area contributed by atoms with Crippen molar-refractivity contribution in [2.75, 3.05) is 16.8 Å². The number of hydrogen-bond acceptors (Lipinski definition) is 7. The molecule has 4 aromatic rings. The predicted molar refractivity (Wildman–Crippen MR) is 128 cm³/mol. The lowest BCUT2D eigenvalue weighted by atomic mass is 10.2. The summed E-state index contributed by atoms with van der Waals surface area (Å²) in [6.07, 6.45) is 0. The predicted octanol–water partition coefficient (Wildman–Crippen LogP) is 2.45. The van der Waals surface area contributed by atoms with Crippen LogP contribution in [-0.4, -0.2) is 30.7 Å². The van der Waals surface area contributed by atoms with Gasteiger partial charge in [0.25, 0.3) is 15.6 Å². The second-order valence-corrected chi connectivity index (χ2v) is 10.6. The van der Waals surface area contributed by atoms with E-state index in [0.717, 1.165) is 32.7 Å². The van der Waals surface area contributed by atoms with Crippen LogP contribution in [0.25, 0.3) is 16.6 Å². The van der Waals surface area contributed by atoms with E-state index in [-0.39, 0.29) is 30.8 Å². The van der Waals surface area contributed by atoms with Crippen LogP contribution in [0.2, 0.25) is 4.34 Å². The molecule has 0 unspecified atom stereocenters. The largest absolute Gasteiger partial charge is 0.354 e. The van der Waals surface area contributed by atoms with E-state index >= 15 is 0 Å². The molecule has 3 N–H and O–H groups in total. The first-order valence-electron chi connectivity index (χ1n) is 9.42. The Morgan fingerprint density at radius 3 is 2.35 bits per heavy atom. The van der Waals surface area contributed by atoms with Gasteiger partial charge in [-0.3, -0.25) is 4.79 Å². The van der Waals surface area contributed by atoms with Gasteiger partial charge >= 0.3 is 11.7 Å². The van der Waals surface area contributed by atoms with Crippen LogP contribution in [0.1, 0.15) is 0 Å². The van der Waals surface area contributed by atoms with Crippen LogP contribution in [0.3, 0.4) is 0 Å². The van der Waals surface area contributed by atoms with Crippen molar-refractivity contribution in [3.63, 3.8) is 0 Å². The van der Waals surface area contributed by atoms with Crippen molar-refractivity contribution in [2.24, 2.45) is 5.73 Å². The van der Waals surface area contributed by atoms with Crippen LogP contribution in [0.15, 0.2) is 68.4 Å². The molecule has 2 aromatic carbocycles. The van der Waals surface area contributed by atoms with Gasteiger partial charge < -0.3 is 11.2 Å². The maximum Gasteiger partial charge on any atom is 0.354 e. The van der Waals surface area contributed by atoms with Crippen LogP contribution >= 0.6 is 22.9 Å². The standard InChI is InChI=1S/C20H15ClFN5O5S2/c1-24-26-15-7-2-11(22)10-14(15)18(28)25(20(26)30)12-3-5-13(6-4-12)27(19(23)29)34(31,32)17-9-8-16(21)33-17/h2-10,24H,1H3,(H2,23,29). The number of benzene rings is 2. The van der Waals surface area contributed by atoms with Crippen LogP contribution < -0.4 is 26.7 Å². The number of thiophene rings is 1. The summed E-state index contributed by atoms with van der Waals surface area (Å²) in [5.74, 6) is -0.663. The number of rotatable bonds is 5. The van der Waals surface area contributed by atoms with Crippen molar-refractivity contribution in [3.8, 4) is 5.69 Å². The zero-order valence-electron chi connectivity index (χ0n) is 17.2. The second kappa shape index (κ2) is 8.59. The Bertz CT molecular complexity index is 1660. The molecule has 0 aliphatic heterocycles. The number of carbonyl (C=O) groups excluding carboxylic acids is 1.